The Kier molecular flexibility index (Phi) is 11.8. The van der Waals surface area contributed by atoms with Crippen molar-refractivity contribution >= 4 is 42.1 Å². The van der Waals surface area contributed by atoms with E-state index in [4.69, 9.17) is 9.72 Å². The van der Waals surface area contributed by atoms with Crippen LogP contribution in [0.5, 0.6) is 0 Å². The summed E-state index contributed by atoms with van der Waals surface area (Å²) in [5, 5.41) is 6.48. The molecule has 24 heavy (non-hydrogen) atoms. The van der Waals surface area contributed by atoms with Gasteiger partial charge in [0.15, 0.2) is 0 Å². The van der Waals surface area contributed by atoms with Crippen LogP contribution >= 0.6 is 36.2 Å². The van der Waals surface area contributed by atoms with Gasteiger partial charge in [0.05, 0.1) is 23.9 Å². The average Bonchev–Trinajstić information content (AvgIpc) is 3.02. The molecular weight excluding hydrogens is 369 g/mol. The molecule has 0 bridgehead atoms. The zero-order valence-corrected chi connectivity index (χ0v) is 17.1. The molecular formula is C16H29Cl2N3O2S. The zero-order chi connectivity index (χ0) is 15.9. The van der Waals surface area contributed by atoms with Crippen LogP contribution in [0.3, 0.4) is 0 Å². The van der Waals surface area contributed by atoms with E-state index >= 15 is 0 Å². The molecule has 0 saturated carbocycles. The van der Waals surface area contributed by atoms with Gasteiger partial charge in [-0.1, -0.05) is 13.8 Å². The minimum Gasteiger partial charge on any atom is -0.383 e. The number of thiazole rings is 1. The maximum atomic E-state index is 12.3. The summed E-state index contributed by atoms with van der Waals surface area (Å²) in [4.78, 5) is 19.0. The molecule has 1 unspecified atom stereocenters. The highest BCUT2D eigenvalue weighted by atomic mass is 35.5. The number of piperidine rings is 1. The first kappa shape index (κ1) is 23.6. The van der Waals surface area contributed by atoms with E-state index in [1.54, 1.807) is 18.4 Å². The number of ether oxygens (including phenoxy) is 1. The Hall–Kier alpha value is -0.400. The van der Waals surface area contributed by atoms with Gasteiger partial charge in [0.1, 0.15) is 0 Å². The minimum atomic E-state index is 0. The fraction of sp³-hybridized carbons (Fsp3) is 0.750. The molecule has 0 aliphatic carbocycles. The van der Waals surface area contributed by atoms with E-state index in [9.17, 15) is 4.79 Å². The lowest BCUT2D eigenvalue weighted by Gasteiger charge is -2.32. The van der Waals surface area contributed by atoms with Crippen LogP contribution in [0.1, 0.15) is 49.2 Å². The summed E-state index contributed by atoms with van der Waals surface area (Å²) < 4.78 is 4.97. The summed E-state index contributed by atoms with van der Waals surface area (Å²) in [6.07, 6.45) is 2.19. The fourth-order valence-corrected chi connectivity index (χ4v) is 3.75. The monoisotopic (exact) mass is 397 g/mol. The number of carbonyl (C=O) groups is 1. The second-order valence-electron chi connectivity index (χ2n) is 6.11. The molecule has 1 fully saturated rings. The van der Waals surface area contributed by atoms with Crippen molar-refractivity contribution in [3.63, 3.8) is 0 Å². The van der Waals surface area contributed by atoms with Gasteiger partial charge in [-0.3, -0.25) is 4.79 Å². The molecule has 1 aliphatic heterocycles. The van der Waals surface area contributed by atoms with Crippen molar-refractivity contribution in [1.29, 1.82) is 0 Å². The van der Waals surface area contributed by atoms with E-state index in [1.165, 1.54) is 10.7 Å². The first-order chi connectivity index (χ1) is 10.6. The lowest BCUT2D eigenvalue weighted by atomic mass is 9.98. The number of amides is 1. The van der Waals surface area contributed by atoms with Gasteiger partial charge in [-0.2, -0.15) is 0 Å². The molecule has 1 N–H and O–H groups in total. The first-order valence-electron chi connectivity index (χ1n) is 8.04. The fourth-order valence-electron chi connectivity index (χ4n) is 2.64. The molecule has 0 spiro atoms. The van der Waals surface area contributed by atoms with Crippen LogP contribution in [0.15, 0.2) is 5.38 Å². The first-order valence-corrected chi connectivity index (χ1v) is 8.92. The molecule has 1 atom stereocenters. The van der Waals surface area contributed by atoms with E-state index in [0.717, 1.165) is 25.9 Å². The highest BCUT2D eigenvalue weighted by Crippen LogP contribution is 2.30. The van der Waals surface area contributed by atoms with Crippen LogP contribution < -0.4 is 5.32 Å². The van der Waals surface area contributed by atoms with Gasteiger partial charge in [-0.05, 0) is 18.8 Å². The lowest BCUT2D eigenvalue weighted by Crippen LogP contribution is -2.43. The quantitative estimate of drug-likeness (QED) is 0.718. The third-order valence-corrected chi connectivity index (χ3v) is 5.04. The van der Waals surface area contributed by atoms with E-state index in [2.05, 4.69) is 24.5 Å². The summed E-state index contributed by atoms with van der Waals surface area (Å²) in [6, 6.07) is 0. The van der Waals surface area contributed by atoms with Crippen molar-refractivity contribution in [2.75, 3.05) is 39.9 Å². The third kappa shape index (κ3) is 6.84. The normalized spacial score (nSPS) is 17.3. The highest BCUT2D eigenvalue weighted by molar-refractivity contribution is 7.09. The van der Waals surface area contributed by atoms with Crippen molar-refractivity contribution in [3.05, 3.63) is 16.1 Å². The van der Waals surface area contributed by atoms with Gasteiger partial charge in [-0.15, -0.1) is 36.2 Å². The Balaban J connectivity index is 0.00000264. The number of hydrogen-bond donors (Lipinski definition) is 1. The van der Waals surface area contributed by atoms with Gasteiger partial charge < -0.3 is 15.0 Å². The molecule has 2 heterocycles. The summed E-state index contributed by atoms with van der Waals surface area (Å²) >= 11 is 1.74. The van der Waals surface area contributed by atoms with Gasteiger partial charge in [0, 0.05) is 38.0 Å². The second-order valence-corrected chi connectivity index (χ2v) is 7.00. The Morgan fingerprint density at radius 2 is 2.25 bits per heavy atom. The van der Waals surface area contributed by atoms with Crippen LogP contribution in [0, 0.1) is 0 Å². The average molecular weight is 398 g/mol. The molecule has 1 amide bonds. The predicted octanol–water partition coefficient (Wildman–Crippen LogP) is 3.05. The minimum absolute atomic E-state index is 0. The van der Waals surface area contributed by atoms with Gasteiger partial charge in [-0.25, -0.2) is 4.98 Å². The van der Waals surface area contributed by atoms with Gasteiger partial charge >= 0.3 is 0 Å². The highest BCUT2D eigenvalue weighted by Gasteiger charge is 2.26. The van der Waals surface area contributed by atoms with Crippen molar-refractivity contribution in [2.24, 2.45) is 0 Å². The standard InChI is InChI=1S/C16H27N3O2S.2ClH/c1-12(2)14-11-22-16(18-14)13-5-4-7-19(10-13)15(20)9-17-6-8-21-3;;/h11-13,17H,4-10H2,1-3H3;2*1H. The molecule has 8 heteroatoms. The number of halogens is 2. The number of rotatable bonds is 7. The van der Waals surface area contributed by atoms with E-state index < -0.39 is 0 Å². The van der Waals surface area contributed by atoms with Gasteiger partial charge in [0.2, 0.25) is 5.91 Å². The molecule has 1 aliphatic rings. The van der Waals surface area contributed by atoms with Crippen molar-refractivity contribution in [3.8, 4) is 0 Å². The number of nitrogens with zero attached hydrogens (tertiary/aromatic N) is 2. The largest absolute Gasteiger partial charge is 0.383 e. The Labute approximate surface area is 161 Å². The second kappa shape index (κ2) is 12.0. The molecule has 1 saturated heterocycles. The molecule has 1 aromatic heterocycles. The number of methoxy groups -OCH3 is 1. The molecule has 2 rings (SSSR count). The summed E-state index contributed by atoms with van der Waals surface area (Å²) in [7, 11) is 1.66. The number of aromatic nitrogens is 1. The van der Waals surface area contributed by atoms with Crippen LogP contribution in [0.25, 0.3) is 0 Å². The SMILES string of the molecule is COCCNCC(=O)N1CCCC(c2nc(C(C)C)cs2)C1.Cl.Cl. The van der Waals surface area contributed by atoms with Crippen molar-refractivity contribution in [2.45, 2.75) is 38.5 Å². The Bertz CT molecular complexity index is 486. The predicted molar refractivity (Wildman–Crippen MR) is 104 cm³/mol. The summed E-state index contributed by atoms with van der Waals surface area (Å²) in [6.45, 7) is 7.74. The maximum Gasteiger partial charge on any atom is 0.236 e. The molecule has 140 valence electrons. The van der Waals surface area contributed by atoms with Crippen LogP contribution in [0.4, 0.5) is 0 Å². The van der Waals surface area contributed by atoms with Crippen LogP contribution in [0.2, 0.25) is 0 Å². The summed E-state index contributed by atoms with van der Waals surface area (Å²) in [5.41, 5.74) is 1.17. The smallest absolute Gasteiger partial charge is 0.236 e. The number of hydrogen-bond acceptors (Lipinski definition) is 5. The molecule has 0 radical (unpaired) electrons. The molecule has 0 aromatic carbocycles. The zero-order valence-electron chi connectivity index (χ0n) is 14.6. The number of nitrogens with one attached hydrogen (secondary N) is 1. The maximum absolute atomic E-state index is 12.3. The van der Waals surface area contributed by atoms with Crippen molar-refractivity contribution in [1.82, 2.24) is 15.2 Å². The molecule has 1 aromatic rings. The van der Waals surface area contributed by atoms with Crippen molar-refractivity contribution < 1.29 is 9.53 Å². The van der Waals surface area contributed by atoms with E-state index in [-0.39, 0.29) is 30.7 Å². The Morgan fingerprint density at radius 1 is 1.50 bits per heavy atom. The third-order valence-electron chi connectivity index (χ3n) is 4.01. The van der Waals surface area contributed by atoms with Crippen LogP contribution in [-0.2, 0) is 9.53 Å². The number of carbonyl (C=O) groups excluding carboxylic acids is 1. The van der Waals surface area contributed by atoms with E-state index in [0.29, 0.717) is 31.5 Å². The Morgan fingerprint density at radius 3 is 2.88 bits per heavy atom. The number of likely N-dealkylation sites (tertiary alicyclic amines) is 1. The van der Waals surface area contributed by atoms with Crippen LogP contribution in [-0.4, -0.2) is 55.7 Å². The molecule has 5 nitrogen and oxygen atoms in total. The topological polar surface area (TPSA) is 54.5 Å². The van der Waals surface area contributed by atoms with E-state index in [1.807, 2.05) is 4.90 Å². The summed E-state index contributed by atoms with van der Waals surface area (Å²) in [5.74, 6) is 1.05. The lowest BCUT2D eigenvalue weighted by molar-refractivity contribution is -0.131. The van der Waals surface area contributed by atoms with Gasteiger partial charge in [0.25, 0.3) is 0 Å².